The summed E-state index contributed by atoms with van der Waals surface area (Å²) in [7, 11) is 0. The van der Waals surface area contributed by atoms with Crippen LogP contribution in [0.15, 0.2) is 48.5 Å². The SMILES string of the molecule is O=C(O)C[C@H]1CCCCN1C(=O)CCCNC(=O)OCC1c2ccccc2-c2ccccc21. The summed E-state index contributed by atoms with van der Waals surface area (Å²) in [6.07, 6.45) is 2.84. The second-order valence-electron chi connectivity index (χ2n) is 8.69. The van der Waals surface area contributed by atoms with Crippen molar-refractivity contribution in [3.05, 3.63) is 59.7 Å². The Bertz CT molecular complexity index is 976. The normalized spacial score (nSPS) is 17.2. The van der Waals surface area contributed by atoms with Gasteiger partial charge in [-0.1, -0.05) is 48.5 Å². The van der Waals surface area contributed by atoms with Gasteiger partial charge >= 0.3 is 12.1 Å². The van der Waals surface area contributed by atoms with E-state index in [0.717, 1.165) is 30.4 Å². The average Bonchev–Trinajstić information content (AvgIpc) is 3.14. The molecule has 2 N–H and O–H groups in total. The number of carbonyl (C=O) groups excluding carboxylic acids is 2. The molecule has 0 bridgehead atoms. The van der Waals surface area contributed by atoms with Gasteiger partial charge in [0.25, 0.3) is 0 Å². The molecule has 0 unspecified atom stereocenters. The maximum absolute atomic E-state index is 12.6. The number of benzene rings is 2. The van der Waals surface area contributed by atoms with Gasteiger partial charge in [-0.2, -0.15) is 0 Å². The number of rotatable bonds is 8. The molecule has 7 heteroatoms. The largest absolute Gasteiger partial charge is 0.481 e. The van der Waals surface area contributed by atoms with E-state index < -0.39 is 12.1 Å². The fourth-order valence-electron chi connectivity index (χ4n) is 4.97. The van der Waals surface area contributed by atoms with Crippen molar-refractivity contribution in [2.24, 2.45) is 0 Å². The number of carboxylic acids is 1. The Hall–Kier alpha value is -3.35. The zero-order chi connectivity index (χ0) is 23.2. The van der Waals surface area contributed by atoms with Crippen LogP contribution in [0.5, 0.6) is 0 Å². The molecule has 1 aliphatic carbocycles. The van der Waals surface area contributed by atoms with E-state index in [-0.39, 0.29) is 37.3 Å². The van der Waals surface area contributed by atoms with Gasteiger partial charge < -0.3 is 20.1 Å². The molecule has 0 radical (unpaired) electrons. The highest BCUT2D eigenvalue weighted by Gasteiger charge is 2.29. The molecule has 1 fully saturated rings. The Morgan fingerprint density at radius 3 is 2.33 bits per heavy atom. The van der Waals surface area contributed by atoms with Gasteiger partial charge in [0.2, 0.25) is 5.91 Å². The minimum atomic E-state index is -0.878. The molecule has 174 valence electrons. The number of amides is 2. The Morgan fingerprint density at radius 2 is 1.67 bits per heavy atom. The molecule has 2 aromatic rings. The molecule has 2 aliphatic rings. The zero-order valence-corrected chi connectivity index (χ0v) is 18.7. The lowest BCUT2D eigenvalue weighted by Crippen LogP contribution is -2.44. The lowest BCUT2D eigenvalue weighted by molar-refractivity contribution is -0.142. The molecule has 7 nitrogen and oxygen atoms in total. The van der Waals surface area contributed by atoms with Crippen molar-refractivity contribution in [1.29, 1.82) is 0 Å². The molecule has 1 heterocycles. The Labute approximate surface area is 193 Å². The molecule has 2 aromatic carbocycles. The topological polar surface area (TPSA) is 95.9 Å². The van der Waals surface area contributed by atoms with Crippen LogP contribution in [0.2, 0.25) is 0 Å². The van der Waals surface area contributed by atoms with Crippen LogP contribution >= 0.6 is 0 Å². The van der Waals surface area contributed by atoms with Crippen LogP contribution in [0.1, 0.15) is 55.6 Å². The zero-order valence-electron chi connectivity index (χ0n) is 18.7. The van der Waals surface area contributed by atoms with E-state index in [0.29, 0.717) is 19.5 Å². The Balaban J connectivity index is 1.22. The van der Waals surface area contributed by atoms with Gasteiger partial charge in [-0.3, -0.25) is 9.59 Å². The predicted octanol–water partition coefficient (Wildman–Crippen LogP) is 4.16. The summed E-state index contributed by atoms with van der Waals surface area (Å²) in [6.45, 7) is 1.19. The van der Waals surface area contributed by atoms with Crippen molar-refractivity contribution in [3.8, 4) is 11.1 Å². The smallest absolute Gasteiger partial charge is 0.407 e. The maximum atomic E-state index is 12.6. The van der Waals surface area contributed by atoms with Gasteiger partial charge in [-0.25, -0.2) is 4.79 Å². The predicted molar refractivity (Wildman–Crippen MR) is 124 cm³/mol. The molecule has 0 aromatic heterocycles. The number of aliphatic carboxylic acids is 1. The summed E-state index contributed by atoms with van der Waals surface area (Å²) in [6, 6.07) is 16.1. The van der Waals surface area contributed by atoms with Gasteiger partial charge in [0.1, 0.15) is 6.61 Å². The monoisotopic (exact) mass is 450 g/mol. The first-order valence-electron chi connectivity index (χ1n) is 11.6. The van der Waals surface area contributed by atoms with Crippen LogP contribution in [-0.2, 0) is 14.3 Å². The highest BCUT2D eigenvalue weighted by atomic mass is 16.5. The molecule has 33 heavy (non-hydrogen) atoms. The first-order chi connectivity index (χ1) is 16.0. The molecule has 0 saturated carbocycles. The summed E-state index contributed by atoms with van der Waals surface area (Å²) >= 11 is 0. The fourth-order valence-corrected chi connectivity index (χ4v) is 4.97. The van der Waals surface area contributed by atoms with E-state index in [9.17, 15) is 14.4 Å². The first-order valence-corrected chi connectivity index (χ1v) is 11.6. The second-order valence-corrected chi connectivity index (χ2v) is 8.69. The molecule has 2 amide bonds. The van der Waals surface area contributed by atoms with Crippen molar-refractivity contribution >= 4 is 18.0 Å². The third-order valence-electron chi connectivity index (χ3n) is 6.54. The highest BCUT2D eigenvalue weighted by molar-refractivity contribution is 5.79. The van der Waals surface area contributed by atoms with E-state index in [1.165, 1.54) is 11.1 Å². The molecule has 1 aliphatic heterocycles. The number of carbonyl (C=O) groups is 3. The van der Waals surface area contributed by atoms with E-state index >= 15 is 0 Å². The standard InChI is InChI=1S/C26H30N2O5/c29-24(28-15-6-5-8-18(28)16-25(30)31)13-7-14-27-26(32)33-17-23-21-11-3-1-9-19(21)20-10-2-4-12-22(20)23/h1-4,9-12,18,23H,5-8,13-17H2,(H,27,32)(H,30,31)/t18-/m1/s1. The summed E-state index contributed by atoms with van der Waals surface area (Å²) in [5.74, 6) is -0.915. The number of nitrogens with one attached hydrogen (secondary N) is 1. The average molecular weight is 451 g/mol. The second kappa shape index (κ2) is 10.5. The van der Waals surface area contributed by atoms with Gasteiger partial charge in [0.05, 0.1) is 6.42 Å². The lowest BCUT2D eigenvalue weighted by Gasteiger charge is -2.35. The van der Waals surface area contributed by atoms with Crippen molar-refractivity contribution in [3.63, 3.8) is 0 Å². The number of fused-ring (bicyclic) bond motifs is 3. The number of ether oxygens (including phenoxy) is 1. The molecule has 1 saturated heterocycles. The van der Waals surface area contributed by atoms with Crippen LogP contribution in [0, 0.1) is 0 Å². The van der Waals surface area contributed by atoms with Crippen LogP contribution in [0.3, 0.4) is 0 Å². The third kappa shape index (κ3) is 5.35. The first kappa shape index (κ1) is 22.8. The molecule has 4 rings (SSSR count). The summed E-state index contributed by atoms with van der Waals surface area (Å²) < 4.78 is 5.51. The van der Waals surface area contributed by atoms with E-state index in [1.807, 2.05) is 24.3 Å². The van der Waals surface area contributed by atoms with Crippen LogP contribution < -0.4 is 5.32 Å². The quantitative estimate of drug-likeness (QED) is 0.589. The van der Waals surface area contributed by atoms with Gasteiger partial charge in [-0.05, 0) is 47.9 Å². The highest BCUT2D eigenvalue weighted by Crippen LogP contribution is 2.44. The number of hydrogen-bond acceptors (Lipinski definition) is 4. The molecular weight excluding hydrogens is 420 g/mol. The molecule has 0 spiro atoms. The van der Waals surface area contributed by atoms with Gasteiger partial charge in [0, 0.05) is 31.5 Å². The maximum Gasteiger partial charge on any atom is 0.407 e. The summed E-state index contributed by atoms with van der Waals surface area (Å²) in [4.78, 5) is 37.6. The van der Waals surface area contributed by atoms with E-state index in [1.54, 1.807) is 4.90 Å². The third-order valence-corrected chi connectivity index (χ3v) is 6.54. The summed E-state index contributed by atoms with van der Waals surface area (Å²) in [5, 5.41) is 11.8. The minimum Gasteiger partial charge on any atom is -0.481 e. The van der Waals surface area contributed by atoms with E-state index in [2.05, 4.69) is 29.6 Å². The van der Waals surface area contributed by atoms with E-state index in [4.69, 9.17) is 9.84 Å². The van der Waals surface area contributed by atoms with Crippen LogP contribution in [-0.4, -0.2) is 53.7 Å². The Kier molecular flexibility index (Phi) is 7.27. The summed E-state index contributed by atoms with van der Waals surface area (Å²) in [5.41, 5.74) is 4.68. The van der Waals surface area contributed by atoms with Crippen molar-refractivity contribution in [2.45, 2.75) is 50.5 Å². The van der Waals surface area contributed by atoms with Crippen LogP contribution in [0.4, 0.5) is 4.79 Å². The van der Waals surface area contributed by atoms with Gasteiger partial charge in [0.15, 0.2) is 0 Å². The number of hydrogen-bond donors (Lipinski definition) is 2. The number of alkyl carbamates (subject to hydrolysis) is 1. The number of nitrogens with zero attached hydrogens (tertiary/aromatic N) is 1. The Morgan fingerprint density at radius 1 is 1.00 bits per heavy atom. The van der Waals surface area contributed by atoms with Gasteiger partial charge in [-0.15, -0.1) is 0 Å². The lowest BCUT2D eigenvalue weighted by atomic mass is 9.98. The van der Waals surface area contributed by atoms with Crippen molar-refractivity contribution in [2.75, 3.05) is 19.7 Å². The fraction of sp³-hybridized carbons (Fsp3) is 0.423. The van der Waals surface area contributed by atoms with Crippen LogP contribution in [0.25, 0.3) is 11.1 Å². The van der Waals surface area contributed by atoms with Crippen molar-refractivity contribution < 1.29 is 24.2 Å². The number of likely N-dealkylation sites (tertiary alicyclic amines) is 1. The molecule has 1 atom stereocenters. The number of carboxylic acid groups (broad SMARTS) is 1. The number of piperidine rings is 1. The van der Waals surface area contributed by atoms with Crippen molar-refractivity contribution in [1.82, 2.24) is 10.2 Å². The molecular formula is C26H30N2O5. The minimum absolute atomic E-state index is 0.00926.